The summed E-state index contributed by atoms with van der Waals surface area (Å²) in [6, 6.07) is 21.4. The van der Waals surface area contributed by atoms with E-state index in [1.807, 2.05) is 19.1 Å². The molecule has 0 radical (unpaired) electrons. The van der Waals surface area contributed by atoms with E-state index in [9.17, 15) is 18.0 Å². The Morgan fingerprint density at radius 1 is 0.976 bits per heavy atom. The molecule has 1 aliphatic carbocycles. The quantitative estimate of drug-likeness (QED) is 0.281. The van der Waals surface area contributed by atoms with Crippen molar-refractivity contribution in [3.05, 3.63) is 88.9 Å². The fourth-order valence-corrected chi connectivity index (χ4v) is 6.77. The first kappa shape index (κ1) is 30.6. The number of halogens is 1. The van der Waals surface area contributed by atoms with Crippen LogP contribution < -0.4 is 14.4 Å². The van der Waals surface area contributed by atoms with Gasteiger partial charge in [0.2, 0.25) is 11.8 Å². The zero-order valence-corrected chi connectivity index (χ0v) is 25.7. The largest absolute Gasteiger partial charge is 0.497 e. The number of amides is 2. The highest BCUT2D eigenvalue weighted by Gasteiger charge is 2.34. The topological polar surface area (TPSA) is 96.0 Å². The Kier molecular flexibility index (Phi) is 10.4. The molecular formula is C31H36BrN3O5S. The molecule has 0 bridgehead atoms. The fraction of sp³-hybridized carbons (Fsp3) is 0.355. The first-order valence-electron chi connectivity index (χ1n) is 13.8. The second kappa shape index (κ2) is 14.0. The maximum Gasteiger partial charge on any atom is 0.264 e. The lowest BCUT2D eigenvalue weighted by atomic mass is 10.1. The highest BCUT2D eigenvalue weighted by atomic mass is 79.9. The van der Waals surface area contributed by atoms with Gasteiger partial charge in [0.05, 0.1) is 17.7 Å². The normalized spacial score (nSPS) is 14.3. The maximum absolute atomic E-state index is 14.1. The third kappa shape index (κ3) is 7.68. The number of ether oxygens (including phenoxy) is 1. The number of rotatable bonds is 12. The Morgan fingerprint density at radius 2 is 1.61 bits per heavy atom. The van der Waals surface area contributed by atoms with E-state index in [1.54, 1.807) is 61.7 Å². The number of hydrogen-bond acceptors (Lipinski definition) is 5. The molecule has 0 heterocycles. The molecule has 1 atom stereocenters. The third-order valence-corrected chi connectivity index (χ3v) is 9.64. The predicted molar refractivity (Wildman–Crippen MR) is 163 cm³/mol. The van der Waals surface area contributed by atoms with Crippen molar-refractivity contribution in [2.45, 2.75) is 62.6 Å². The van der Waals surface area contributed by atoms with Crippen molar-refractivity contribution in [2.75, 3.05) is 18.0 Å². The molecule has 1 N–H and O–H groups in total. The molecule has 218 valence electrons. The standard InChI is InChI=1S/C31H36BrN3O5S/c1-3-29(31(37)33-25-9-7-8-10-25)34(21-23-13-19-27(40-2)20-14-23)30(36)22-35(26-17-15-24(32)16-18-26)41(38,39)28-11-5-4-6-12-28/h4-6,11-20,25,29H,3,7-10,21-22H2,1-2H3,(H,33,37)/t29-/m0/s1. The Balaban J connectivity index is 1.69. The molecule has 0 spiro atoms. The van der Waals surface area contributed by atoms with Crippen LogP contribution in [0.15, 0.2) is 88.2 Å². The zero-order chi connectivity index (χ0) is 29.4. The molecule has 8 nitrogen and oxygen atoms in total. The van der Waals surface area contributed by atoms with Crippen LogP contribution in [0.5, 0.6) is 5.75 Å². The molecule has 4 rings (SSSR count). The van der Waals surface area contributed by atoms with Gasteiger partial charge in [-0.05, 0) is 73.4 Å². The minimum absolute atomic E-state index is 0.0726. The summed E-state index contributed by atoms with van der Waals surface area (Å²) in [4.78, 5) is 29.2. The maximum atomic E-state index is 14.1. The first-order chi connectivity index (χ1) is 19.7. The SMILES string of the molecule is CC[C@@H](C(=O)NC1CCCC1)N(Cc1ccc(OC)cc1)C(=O)CN(c1ccc(Br)cc1)S(=O)(=O)c1ccccc1. The molecule has 1 saturated carbocycles. The van der Waals surface area contributed by atoms with Crippen LogP contribution in [0.2, 0.25) is 0 Å². The molecule has 1 fully saturated rings. The van der Waals surface area contributed by atoms with E-state index in [0.29, 0.717) is 17.9 Å². The Morgan fingerprint density at radius 3 is 2.20 bits per heavy atom. The first-order valence-corrected chi connectivity index (χ1v) is 16.0. The lowest BCUT2D eigenvalue weighted by Gasteiger charge is -2.33. The van der Waals surface area contributed by atoms with Crippen LogP contribution in [0.4, 0.5) is 5.69 Å². The summed E-state index contributed by atoms with van der Waals surface area (Å²) in [6.07, 6.45) is 4.35. The minimum atomic E-state index is -4.10. The van der Waals surface area contributed by atoms with E-state index in [-0.39, 0.29) is 23.4 Å². The summed E-state index contributed by atoms with van der Waals surface area (Å²) >= 11 is 3.39. The van der Waals surface area contributed by atoms with E-state index < -0.39 is 28.5 Å². The van der Waals surface area contributed by atoms with Crippen LogP contribution in [0, 0.1) is 0 Å². The summed E-state index contributed by atoms with van der Waals surface area (Å²) in [5.41, 5.74) is 1.14. The fourth-order valence-electron chi connectivity index (χ4n) is 5.07. The number of anilines is 1. The van der Waals surface area contributed by atoms with Crippen LogP contribution in [-0.4, -0.2) is 50.9 Å². The van der Waals surface area contributed by atoms with E-state index in [2.05, 4.69) is 21.2 Å². The van der Waals surface area contributed by atoms with E-state index in [0.717, 1.165) is 40.0 Å². The van der Waals surface area contributed by atoms with Crippen molar-refractivity contribution < 1.29 is 22.7 Å². The second-order valence-electron chi connectivity index (χ2n) is 10.1. The number of methoxy groups -OCH3 is 1. The van der Waals surface area contributed by atoms with Gasteiger partial charge in [0.1, 0.15) is 18.3 Å². The van der Waals surface area contributed by atoms with Crippen molar-refractivity contribution in [1.82, 2.24) is 10.2 Å². The van der Waals surface area contributed by atoms with Gasteiger partial charge in [-0.1, -0.05) is 66.0 Å². The van der Waals surface area contributed by atoms with Crippen LogP contribution in [-0.2, 0) is 26.2 Å². The zero-order valence-electron chi connectivity index (χ0n) is 23.3. The lowest BCUT2D eigenvalue weighted by molar-refractivity contribution is -0.140. The van der Waals surface area contributed by atoms with Gasteiger partial charge < -0.3 is 15.0 Å². The van der Waals surface area contributed by atoms with Gasteiger partial charge in [-0.15, -0.1) is 0 Å². The summed E-state index contributed by atoms with van der Waals surface area (Å²) < 4.78 is 34.9. The second-order valence-corrected chi connectivity index (χ2v) is 12.9. The van der Waals surface area contributed by atoms with Gasteiger partial charge in [-0.3, -0.25) is 13.9 Å². The van der Waals surface area contributed by atoms with Gasteiger partial charge in [-0.2, -0.15) is 0 Å². The van der Waals surface area contributed by atoms with E-state index in [4.69, 9.17) is 4.74 Å². The molecule has 0 aromatic heterocycles. The third-order valence-electron chi connectivity index (χ3n) is 7.32. The number of carbonyl (C=O) groups is 2. The van der Waals surface area contributed by atoms with Crippen LogP contribution in [0.3, 0.4) is 0 Å². The monoisotopic (exact) mass is 641 g/mol. The molecule has 0 unspecified atom stereocenters. The van der Waals surface area contributed by atoms with Crippen LogP contribution in [0.1, 0.15) is 44.6 Å². The predicted octanol–water partition coefficient (Wildman–Crippen LogP) is 5.52. The Hall–Kier alpha value is -3.37. The summed E-state index contributed by atoms with van der Waals surface area (Å²) in [5, 5.41) is 3.13. The van der Waals surface area contributed by atoms with Crippen molar-refractivity contribution >= 4 is 43.5 Å². The molecule has 10 heteroatoms. The Bertz CT molecular complexity index is 1410. The number of benzene rings is 3. The van der Waals surface area contributed by atoms with Gasteiger partial charge in [0.15, 0.2) is 0 Å². The summed E-state index contributed by atoms with van der Waals surface area (Å²) in [7, 11) is -2.52. The molecular weight excluding hydrogens is 606 g/mol. The van der Waals surface area contributed by atoms with Crippen LogP contribution >= 0.6 is 15.9 Å². The number of nitrogens with one attached hydrogen (secondary N) is 1. The number of hydrogen-bond donors (Lipinski definition) is 1. The molecule has 41 heavy (non-hydrogen) atoms. The van der Waals surface area contributed by atoms with Crippen LogP contribution in [0.25, 0.3) is 0 Å². The van der Waals surface area contributed by atoms with E-state index >= 15 is 0 Å². The van der Waals surface area contributed by atoms with Crippen molar-refractivity contribution in [3.8, 4) is 5.75 Å². The van der Waals surface area contributed by atoms with Gasteiger partial charge in [0, 0.05) is 17.1 Å². The number of carbonyl (C=O) groups excluding carboxylic acids is 2. The molecule has 2 amide bonds. The van der Waals surface area contributed by atoms with Gasteiger partial charge in [-0.25, -0.2) is 8.42 Å². The average molecular weight is 643 g/mol. The number of nitrogens with zero attached hydrogens (tertiary/aromatic N) is 2. The average Bonchev–Trinajstić information content (AvgIpc) is 3.50. The van der Waals surface area contributed by atoms with Crippen molar-refractivity contribution in [1.29, 1.82) is 0 Å². The summed E-state index contributed by atoms with van der Waals surface area (Å²) in [5.74, 6) is -0.0213. The number of sulfonamides is 1. The summed E-state index contributed by atoms with van der Waals surface area (Å²) in [6.45, 7) is 1.53. The van der Waals surface area contributed by atoms with Gasteiger partial charge in [0.25, 0.3) is 10.0 Å². The van der Waals surface area contributed by atoms with E-state index in [1.165, 1.54) is 17.0 Å². The molecule has 0 saturated heterocycles. The minimum Gasteiger partial charge on any atom is -0.497 e. The highest BCUT2D eigenvalue weighted by molar-refractivity contribution is 9.10. The highest BCUT2D eigenvalue weighted by Crippen LogP contribution is 2.27. The molecule has 0 aliphatic heterocycles. The molecule has 3 aromatic rings. The lowest BCUT2D eigenvalue weighted by Crippen LogP contribution is -2.53. The van der Waals surface area contributed by atoms with Crippen molar-refractivity contribution in [3.63, 3.8) is 0 Å². The molecule has 3 aromatic carbocycles. The Labute approximate surface area is 250 Å². The molecule has 1 aliphatic rings. The van der Waals surface area contributed by atoms with Crippen molar-refractivity contribution in [2.24, 2.45) is 0 Å². The van der Waals surface area contributed by atoms with Gasteiger partial charge >= 0.3 is 0 Å². The smallest absolute Gasteiger partial charge is 0.264 e.